The molecule has 0 bridgehead atoms. The maximum Gasteiger partial charge on any atom is 0.0997 e. The first-order valence-electron chi connectivity index (χ1n) is 4.55. The Bertz CT molecular complexity index is 411. The molecule has 0 aliphatic heterocycles. The molecule has 2 N–H and O–H groups in total. The fraction of sp³-hybridized carbons (Fsp3) is 0.333. The van der Waals surface area contributed by atoms with E-state index in [1.807, 2.05) is 7.05 Å². The largest absolute Gasteiger partial charge is 0.311 e. The number of nitrogens with one attached hydrogen (secondary N) is 2. The van der Waals surface area contributed by atoms with Crippen LogP contribution in [-0.2, 0) is 6.42 Å². The predicted octanol–water partition coefficient (Wildman–Crippen LogP) is 2.13. The molecule has 0 aliphatic carbocycles. The monoisotopic (exact) mass is 286 g/mol. The molecule has 4 nitrogen and oxygen atoms in total. The summed E-state index contributed by atoms with van der Waals surface area (Å²) in [6.45, 7) is 0. The molecule has 2 rings (SSSR count). The third kappa shape index (κ3) is 2.64. The molecule has 6 heteroatoms. The molecular formula is C9H11BrN4S. The minimum atomic E-state index is 0.217. The van der Waals surface area contributed by atoms with Crippen molar-refractivity contribution < 1.29 is 0 Å². The molecule has 1 unspecified atom stereocenters. The van der Waals surface area contributed by atoms with E-state index in [4.69, 9.17) is 0 Å². The zero-order valence-electron chi connectivity index (χ0n) is 8.20. The lowest BCUT2D eigenvalue weighted by atomic mass is 10.1. The van der Waals surface area contributed by atoms with E-state index in [1.165, 1.54) is 4.88 Å². The van der Waals surface area contributed by atoms with Crippen molar-refractivity contribution in [2.24, 2.45) is 0 Å². The van der Waals surface area contributed by atoms with Gasteiger partial charge in [-0.05, 0) is 29.0 Å². The quantitative estimate of drug-likeness (QED) is 0.905. The first-order chi connectivity index (χ1) is 7.29. The molecule has 2 aromatic rings. The van der Waals surface area contributed by atoms with Crippen molar-refractivity contribution in [3.05, 3.63) is 32.7 Å². The summed E-state index contributed by atoms with van der Waals surface area (Å²) in [4.78, 5) is 1.32. The Kier molecular flexibility index (Phi) is 3.50. The summed E-state index contributed by atoms with van der Waals surface area (Å²) >= 11 is 5.19. The minimum absolute atomic E-state index is 0.217. The second-order valence-corrected chi connectivity index (χ2v) is 5.08. The third-order valence-electron chi connectivity index (χ3n) is 2.17. The number of halogens is 1. The molecular weight excluding hydrogens is 276 g/mol. The van der Waals surface area contributed by atoms with Crippen LogP contribution in [0.4, 0.5) is 0 Å². The van der Waals surface area contributed by atoms with Gasteiger partial charge in [0.25, 0.3) is 0 Å². The summed E-state index contributed by atoms with van der Waals surface area (Å²) in [6, 6.07) is 2.35. The minimum Gasteiger partial charge on any atom is -0.311 e. The van der Waals surface area contributed by atoms with E-state index >= 15 is 0 Å². The summed E-state index contributed by atoms with van der Waals surface area (Å²) < 4.78 is 1.14. The highest BCUT2D eigenvalue weighted by Gasteiger charge is 2.13. The predicted molar refractivity (Wildman–Crippen MR) is 63.9 cm³/mol. The van der Waals surface area contributed by atoms with Crippen molar-refractivity contribution in [2.75, 3.05) is 7.05 Å². The molecule has 15 heavy (non-hydrogen) atoms. The van der Waals surface area contributed by atoms with Gasteiger partial charge in [-0.1, -0.05) is 0 Å². The van der Waals surface area contributed by atoms with Gasteiger partial charge in [0.05, 0.1) is 17.9 Å². The lowest BCUT2D eigenvalue weighted by Crippen LogP contribution is -2.18. The van der Waals surface area contributed by atoms with E-state index in [0.29, 0.717) is 0 Å². The highest BCUT2D eigenvalue weighted by molar-refractivity contribution is 9.10. The van der Waals surface area contributed by atoms with Crippen LogP contribution in [0.2, 0.25) is 0 Å². The third-order valence-corrected chi connectivity index (χ3v) is 3.89. The standard InChI is InChI=1S/C9H11BrN4S/c1-11-8(9-4-12-14-13-9)3-7-2-6(10)5-15-7/h2,4-5,8,11H,3H2,1H3,(H,12,13,14). The molecule has 0 aliphatic rings. The Hall–Kier alpha value is -0.720. The highest BCUT2D eigenvalue weighted by atomic mass is 79.9. The van der Waals surface area contributed by atoms with E-state index in [1.54, 1.807) is 17.5 Å². The second-order valence-electron chi connectivity index (χ2n) is 3.17. The number of hydrogen-bond donors (Lipinski definition) is 2. The van der Waals surface area contributed by atoms with Gasteiger partial charge < -0.3 is 5.32 Å². The molecule has 2 heterocycles. The molecule has 1 atom stereocenters. The van der Waals surface area contributed by atoms with Crippen LogP contribution in [0.3, 0.4) is 0 Å². The zero-order chi connectivity index (χ0) is 10.7. The van der Waals surface area contributed by atoms with Crippen LogP contribution in [0, 0.1) is 0 Å². The van der Waals surface area contributed by atoms with Crippen LogP contribution in [0.25, 0.3) is 0 Å². The Morgan fingerprint density at radius 2 is 2.53 bits per heavy atom. The van der Waals surface area contributed by atoms with Gasteiger partial charge >= 0.3 is 0 Å². The Morgan fingerprint density at radius 3 is 3.07 bits per heavy atom. The van der Waals surface area contributed by atoms with Gasteiger partial charge in [0.2, 0.25) is 0 Å². The van der Waals surface area contributed by atoms with Crippen LogP contribution in [-0.4, -0.2) is 22.5 Å². The highest BCUT2D eigenvalue weighted by Crippen LogP contribution is 2.24. The van der Waals surface area contributed by atoms with E-state index in [9.17, 15) is 0 Å². The number of thiophene rings is 1. The van der Waals surface area contributed by atoms with Crippen LogP contribution in [0.1, 0.15) is 16.6 Å². The molecule has 0 fully saturated rings. The molecule has 2 aromatic heterocycles. The topological polar surface area (TPSA) is 53.6 Å². The van der Waals surface area contributed by atoms with E-state index in [2.05, 4.69) is 48.1 Å². The molecule has 0 aromatic carbocycles. The number of H-pyrrole nitrogens is 1. The average Bonchev–Trinajstić information content (AvgIpc) is 2.85. The summed E-state index contributed by atoms with van der Waals surface area (Å²) in [5.41, 5.74) is 0.946. The zero-order valence-corrected chi connectivity index (χ0v) is 10.6. The number of likely N-dealkylation sites (N-methyl/N-ethyl adjacent to an activating group) is 1. The van der Waals surface area contributed by atoms with Crippen LogP contribution >= 0.6 is 27.3 Å². The molecule has 80 valence electrons. The van der Waals surface area contributed by atoms with E-state index in [-0.39, 0.29) is 6.04 Å². The summed E-state index contributed by atoms with van der Waals surface area (Å²) in [5, 5.41) is 15.8. The fourth-order valence-corrected chi connectivity index (χ4v) is 2.89. The van der Waals surface area contributed by atoms with Crippen LogP contribution < -0.4 is 5.32 Å². The summed E-state index contributed by atoms with van der Waals surface area (Å²) in [5.74, 6) is 0. The second kappa shape index (κ2) is 4.87. The Balaban J connectivity index is 2.09. The number of hydrogen-bond acceptors (Lipinski definition) is 4. The maximum atomic E-state index is 4.08. The van der Waals surface area contributed by atoms with Crippen molar-refractivity contribution in [1.82, 2.24) is 20.7 Å². The van der Waals surface area contributed by atoms with Crippen LogP contribution in [0.15, 0.2) is 22.1 Å². The Morgan fingerprint density at radius 1 is 1.67 bits per heavy atom. The molecule has 0 amide bonds. The van der Waals surface area contributed by atoms with Crippen molar-refractivity contribution in [3.63, 3.8) is 0 Å². The van der Waals surface area contributed by atoms with Gasteiger partial charge in [-0.15, -0.1) is 11.3 Å². The van der Waals surface area contributed by atoms with Gasteiger partial charge in [-0.3, -0.25) is 0 Å². The van der Waals surface area contributed by atoms with Crippen molar-refractivity contribution in [3.8, 4) is 0 Å². The Labute approximate surface area is 100 Å². The summed E-state index contributed by atoms with van der Waals surface area (Å²) in [6.07, 6.45) is 2.68. The van der Waals surface area contributed by atoms with Gasteiger partial charge in [0, 0.05) is 21.2 Å². The molecule has 0 radical (unpaired) electrons. The molecule has 0 spiro atoms. The SMILES string of the molecule is CNC(Cc1cc(Br)cs1)c1cn[nH]n1. The van der Waals surface area contributed by atoms with Gasteiger partial charge in [-0.25, -0.2) is 0 Å². The van der Waals surface area contributed by atoms with E-state index < -0.39 is 0 Å². The summed E-state index contributed by atoms with van der Waals surface area (Å²) in [7, 11) is 1.93. The number of nitrogens with zero attached hydrogens (tertiary/aromatic N) is 2. The maximum absolute atomic E-state index is 4.08. The first-order valence-corrected chi connectivity index (χ1v) is 6.22. The fourth-order valence-electron chi connectivity index (χ4n) is 1.39. The molecule has 0 saturated carbocycles. The lowest BCUT2D eigenvalue weighted by molar-refractivity contribution is 0.578. The average molecular weight is 287 g/mol. The van der Waals surface area contributed by atoms with Crippen molar-refractivity contribution in [1.29, 1.82) is 0 Å². The van der Waals surface area contributed by atoms with Gasteiger partial charge in [-0.2, -0.15) is 15.4 Å². The van der Waals surface area contributed by atoms with E-state index in [0.717, 1.165) is 16.6 Å². The number of aromatic nitrogens is 3. The van der Waals surface area contributed by atoms with Crippen molar-refractivity contribution >= 4 is 27.3 Å². The van der Waals surface area contributed by atoms with Crippen LogP contribution in [0.5, 0.6) is 0 Å². The smallest absolute Gasteiger partial charge is 0.0997 e. The van der Waals surface area contributed by atoms with Crippen molar-refractivity contribution in [2.45, 2.75) is 12.5 Å². The lowest BCUT2D eigenvalue weighted by Gasteiger charge is -2.11. The number of rotatable bonds is 4. The molecule has 0 saturated heterocycles. The number of aromatic amines is 1. The normalized spacial score (nSPS) is 12.9. The van der Waals surface area contributed by atoms with Gasteiger partial charge in [0.1, 0.15) is 0 Å². The first kappa shape index (κ1) is 10.8. The van der Waals surface area contributed by atoms with Gasteiger partial charge in [0.15, 0.2) is 0 Å².